The fourth-order valence-electron chi connectivity index (χ4n) is 2.87. The van der Waals surface area contributed by atoms with E-state index in [2.05, 4.69) is 13.8 Å². The quantitative estimate of drug-likeness (QED) is 0.851. The van der Waals surface area contributed by atoms with Gasteiger partial charge >= 0.3 is 0 Å². The molecule has 1 aliphatic heterocycles. The van der Waals surface area contributed by atoms with Gasteiger partial charge in [-0.15, -0.1) is 0 Å². The predicted molar refractivity (Wildman–Crippen MR) is 78.4 cm³/mol. The summed E-state index contributed by atoms with van der Waals surface area (Å²) < 4.78 is 26.8. The van der Waals surface area contributed by atoms with Crippen molar-refractivity contribution in [1.29, 1.82) is 0 Å². The molecule has 1 saturated heterocycles. The van der Waals surface area contributed by atoms with E-state index in [4.69, 9.17) is 0 Å². The first-order valence-electron chi connectivity index (χ1n) is 6.95. The molecule has 19 heavy (non-hydrogen) atoms. The molecule has 4 heteroatoms. The number of nitrogens with zero attached hydrogens (tertiary/aromatic N) is 1. The molecular weight excluding hydrogens is 258 g/mol. The van der Waals surface area contributed by atoms with Gasteiger partial charge in [0.15, 0.2) is 0 Å². The van der Waals surface area contributed by atoms with Crippen LogP contribution in [0, 0.1) is 12.8 Å². The van der Waals surface area contributed by atoms with E-state index in [-0.39, 0.29) is 11.8 Å². The van der Waals surface area contributed by atoms with Gasteiger partial charge in [-0.3, -0.25) is 0 Å². The summed E-state index contributed by atoms with van der Waals surface area (Å²) in [5.41, 5.74) is 1.99. The lowest BCUT2D eigenvalue weighted by atomic mass is 10.0. The second-order valence-corrected chi connectivity index (χ2v) is 7.73. The molecule has 3 nitrogen and oxygen atoms in total. The largest absolute Gasteiger partial charge is 0.218 e. The summed E-state index contributed by atoms with van der Waals surface area (Å²) in [6.07, 6.45) is 1.97. The third kappa shape index (κ3) is 3.37. The van der Waals surface area contributed by atoms with Crippen LogP contribution < -0.4 is 0 Å². The third-order valence-electron chi connectivity index (χ3n) is 3.81. The normalized spacial score (nSPS) is 21.2. The lowest BCUT2D eigenvalue weighted by Gasteiger charge is -2.27. The molecule has 0 saturated carbocycles. The molecule has 1 unspecified atom stereocenters. The Balaban J connectivity index is 2.18. The SMILES string of the molecule is Cc1cccc(CS(=O)(=O)N2CCCC2C(C)C)c1. The minimum atomic E-state index is -3.19. The summed E-state index contributed by atoms with van der Waals surface area (Å²) >= 11 is 0. The van der Waals surface area contributed by atoms with Gasteiger partial charge in [0.1, 0.15) is 0 Å². The molecule has 1 aromatic carbocycles. The van der Waals surface area contributed by atoms with E-state index in [1.165, 1.54) is 0 Å². The van der Waals surface area contributed by atoms with Crippen LogP contribution in [0.1, 0.15) is 37.8 Å². The standard InChI is InChI=1S/C15H23NO2S/c1-12(2)15-8-5-9-16(15)19(17,18)11-14-7-4-6-13(3)10-14/h4,6-7,10,12,15H,5,8-9,11H2,1-3H3. The molecule has 0 N–H and O–H groups in total. The molecule has 1 fully saturated rings. The van der Waals surface area contributed by atoms with E-state index in [0.29, 0.717) is 12.5 Å². The van der Waals surface area contributed by atoms with E-state index >= 15 is 0 Å². The summed E-state index contributed by atoms with van der Waals surface area (Å²) in [7, 11) is -3.19. The van der Waals surface area contributed by atoms with Crippen molar-refractivity contribution in [2.45, 2.75) is 45.4 Å². The van der Waals surface area contributed by atoms with Crippen molar-refractivity contribution in [3.63, 3.8) is 0 Å². The Bertz CT molecular complexity index is 537. The molecule has 106 valence electrons. The molecule has 1 atom stereocenters. The summed E-state index contributed by atoms with van der Waals surface area (Å²) in [5.74, 6) is 0.507. The van der Waals surface area contributed by atoms with Gasteiger partial charge in [0.25, 0.3) is 0 Å². The van der Waals surface area contributed by atoms with Crippen LogP contribution in [0.2, 0.25) is 0 Å². The number of aryl methyl sites for hydroxylation is 1. The van der Waals surface area contributed by atoms with Crippen LogP contribution in [0.4, 0.5) is 0 Å². The highest BCUT2D eigenvalue weighted by atomic mass is 32.2. The Kier molecular flexibility index (Phi) is 4.31. The second kappa shape index (κ2) is 5.63. The van der Waals surface area contributed by atoms with Crippen molar-refractivity contribution >= 4 is 10.0 Å². The molecule has 0 bridgehead atoms. The first-order valence-corrected chi connectivity index (χ1v) is 8.56. The van der Waals surface area contributed by atoms with Crippen LogP contribution in [-0.2, 0) is 15.8 Å². The van der Waals surface area contributed by atoms with Crippen molar-refractivity contribution in [1.82, 2.24) is 4.31 Å². The molecule has 0 amide bonds. The minimum Gasteiger partial charge on any atom is -0.212 e. The number of hydrogen-bond donors (Lipinski definition) is 0. The topological polar surface area (TPSA) is 37.4 Å². The molecular formula is C15H23NO2S. The maximum Gasteiger partial charge on any atom is 0.218 e. The van der Waals surface area contributed by atoms with Crippen LogP contribution in [0.15, 0.2) is 24.3 Å². The van der Waals surface area contributed by atoms with E-state index in [1.807, 2.05) is 31.2 Å². The number of sulfonamides is 1. The highest BCUT2D eigenvalue weighted by Gasteiger charge is 2.35. The van der Waals surface area contributed by atoms with Crippen molar-refractivity contribution in [3.05, 3.63) is 35.4 Å². The molecule has 0 aliphatic carbocycles. The summed E-state index contributed by atoms with van der Waals surface area (Å²) in [6.45, 7) is 6.87. The van der Waals surface area contributed by atoms with E-state index in [1.54, 1.807) is 4.31 Å². The van der Waals surface area contributed by atoms with Crippen molar-refractivity contribution < 1.29 is 8.42 Å². The Hall–Kier alpha value is -0.870. The third-order valence-corrected chi connectivity index (χ3v) is 5.67. The van der Waals surface area contributed by atoms with Gasteiger partial charge in [-0.2, -0.15) is 4.31 Å². The average Bonchev–Trinajstić information content (AvgIpc) is 2.77. The summed E-state index contributed by atoms with van der Waals surface area (Å²) in [4.78, 5) is 0. The molecule has 0 aromatic heterocycles. The van der Waals surface area contributed by atoms with Gasteiger partial charge in [-0.05, 0) is 31.2 Å². The first-order chi connectivity index (χ1) is 8.90. The van der Waals surface area contributed by atoms with Gasteiger partial charge in [0.2, 0.25) is 10.0 Å². The van der Waals surface area contributed by atoms with Crippen molar-refractivity contribution in [2.24, 2.45) is 5.92 Å². The van der Waals surface area contributed by atoms with Crippen molar-refractivity contribution in [3.8, 4) is 0 Å². The Morgan fingerprint density at radius 2 is 2.11 bits per heavy atom. The van der Waals surface area contributed by atoms with Crippen LogP contribution in [0.5, 0.6) is 0 Å². The maximum atomic E-state index is 12.6. The molecule has 1 heterocycles. The van der Waals surface area contributed by atoms with Gasteiger partial charge in [0.05, 0.1) is 5.75 Å². The van der Waals surface area contributed by atoms with E-state index in [9.17, 15) is 8.42 Å². The van der Waals surface area contributed by atoms with E-state index < -0.39 is 10.0 Å². The maximum absolute atomic E-state index is 12.6. The zero-order valence-electron chi connectivity index (χ0n) is 12.0. The van der Waals surface area contributed by atoms with Crippen molar-refractivity contribution in [2.75, 3.05) is 6.54 Å². The Morgan fingerprint density at radius 1 is 1.37 bits per heavy atom. The molecule has 2 rings (SSSR count). The molecule has 1 aliphatic rings. The highest BCUT2D eigenvalue weighted by Crippen LogP contribution is 2.28. The van der Waals surface area contributed by atoms with Gasteiger partial charge in [0, 0.05) is 12.6 Å². The number of hydrogen-bond acceptors (Lipinski definition) is 2. The van der Waals surface area contributed by atoms with Crippen LogP contribution in [0.25, 0.3) is 0 Å². The smallest absolute Gasteiger partial charge is 0.212 e. The lowest BCUT2D eigenvalue weighted by molar-refractivity contribution is 0.315. The first kappa shape index (κ1) is 14.5. The number of rotatable bonds is 4. The molecule has 0 radical (unpaired) electrons. The van der Waals surface area contributed by atoms with Gasteiger partial charge in [-0.1, -0.05) is 43.7 Å². The monoisotopic (exact) mass is 281 g/mol. The Morgan fingerprint density at radius 3 is 2.74 bits per heavy atom. The average molecular weight is 281 g/mol. The molecule has 1 aromatic rings. The number of benzene rings is 1. The fourth-order valence-corrected chi connectivity index (χ4v) is 4.81. The van der Waals surface area contributed by atoms with Crippen LogP contribution in [-0.4, -0.2) is 25.3 Å². The summed E-state index contributed by atoms with van der Waals surface area (Å²) in [5, 5.41) is 0. The van der Waals surface area contributed by atoms with Gasteiger partial charge < -0.3 is 0 Å². The van der Waals surface area contributed by atoms with Crippen LogP contribution in [0.3, 0.4) is 0 Å². The highest BCUT2D eigenvalue weighted by molar-refractivity contribution is 7.88. The Labute approximate surface area is 116 Å². The lowest BCUT2D eigenvalue weighted by Crippen LogP contribution is -2.39. The zero-order chi connectivity index (χ0) is 14.0. The molecule has 0 spiro atoms. The van der Waals surface area contributed by atoms with Crippen LogP contribution >= 0.6 is 0 Å². The zero-order valence-corrected chi connectivity index (χ0v) is 12.8. The van der Waals surface area contributed by atoms with E-state index in [0.717, 1.165) is 24.0 Å². The minimum absolute atomic E-state index is 0.123. The van der Waals surface area contributed by atoms with Gasteiger partial charge in [-0.25, -0.2) is 8.42 Å². The summed E-state index contributed by atoms with van der Waals surface area (Å²) in [6, 6.07) is 7.94. The fraction of sp³-hybridized carbons (Fsp3) is 0.600. The second-order valence-electron chi connectivity index (χ2n) is 5.81. The predicted octanol–water partition coefficient (Wildman–Crippen LogP) is 2.95.